The number of carbonyl (C=O) groups excluding carboxylic acids is 1. The van der Waals surface area contributed by atoms with Gasteiger partial charge in [0.15, 0.2) is 6.10 Å². The maximum Gasteiger partial charge on any atom is 0.340 e. The van der Waals surface area contributed by atoms with E-state index in [0.29, 0.717) is 18.9 Å². The minimum absolute atomic E-state index is 0.240. The van der Waals surface area contributed by atoms with Crippen molar-refractivity contribution in [1.82, 2.24) is 4.98 Å². The summed E-state index contributed by atoms with van der Waals surface area (Å²) in [5.74, 6) is 0.759. The van der Waals surface area contributed by atoms with Crippen molar-refractivity contribution in [2.24, 2.45) is 5.92 Å². The molecule has 0 spiro atoms. The Bertz CT molecular complexity index is 1370. The molecule has 2 aromatic carbocycles. The van der Waals surface area contributed by atoms with Crippen LogP contribution >= 0.6 is 0 Å². The van der Waals surface area contributed by atoms with Crippen molar-refractivity contribution >= 4 is 11.7 Å². The number of pyridine rings is 1. The van der Waals surface area contributed by atoms with Crippen molar-refractivity contribution in [1.29, 1.82) is 0 Å². The van der Waals surface area contributed by atoms with Gasteiger partial charge in [-0.1, -0.05) is 31.2 Å². The second kappa shape index (κ2) is 13.9. The molecule has 232 valence electrons. The first kappa shape index (κ1) is 32.5. The van der Waals surface area contributed by atoms with E-state index in [1.807, 2.05) is 60.6 Å². The van der Waals surface area contributed by atoms with Crippen LogP contribution < -0.4 is 9.64 Å². The molecule has 0 bridgehead atoms. The lowest BCUT2D eigenvalue weighted by molar-refractivity contribution is -0.171. The third-order valence-corrected chi connectivity index (χ3v) is 7.69. The van der Waals surface area contributed by atoms with E-state index in [1.165, 1.54) is 12.1 Å². The maximum atomic E-state index is 13.6. The lowest BCUT2D eigenvalue weighted by atomic mass is 9.91. The van der Waals surface area contributed by atoms with Crippen LogP contribution in [0, 0.1) is 25.6 Å². The van der Waals surface area contributed by atoms with Crippen molar-refractivity contribution in [2.75, 3.05) is 24.6 Å². The molecule has 4 rings (SSSR count). The number of carbonyl (C=O) groups is 1. The maximum absolute atomic E-state index is 13.6. The third kappa shape index (κ3) is 8.56. The van der Waals surface area contributed by atoms with Crippen LogP contribution in [0.5, 0.6) is 5.75 Å². The summed E-state index contributed by atoms with van der Waals surface area (Å²) < 4.78 is 31.5. The number of nitrogens with zero attached hydrogens (tertiary/aromatic N) is 2. The Hall–Kier alpha value is -3.45. The summed E-state index contributed by atoms with van der Waals surface area (Å²) in [6, 6.07) is 14.5. The molecule has 0 saturated carbocycles. The summed E-state index contributed by atoms with van der Waals surface area (Å²) in [6.07, 6.45) is 1.64. The minimum Gasteiger partial charge on any atom is -0.493 e. The Labute approximate surface area is 256 Å². The van der Waals surface area contributed by atoms with Crippen LogP contribution in [0.3, 0.4) is 0 Å². The first-order chi connectivity index (χ1) is 20.3. The lowest BCUT2D eigenvalue weighted by Crippen LogP contribution is -2.37. The predicted octanol–water partition coefficient (Wildman–Crippen LogP) is 8.17. The summed E-state index contributed by atoms with van der Waals surface area (Å²) in [6.45, 7) is 18.1. The number of ether oxygens (including phenoxy) is 3. The Morgan fingerprint density at radius 3 is 2.21 bits per heavy atom. The monoisotopic (exact) mass is 590 g/mol. The first-order valence-corrected chi connectivity index (χ1v) is 15.4. The van der Waals surface area contributed by atoms with Crippen LogP contribution in [0.15, 0.2) is 48.5 Å². The SMILES string of the molecule is Cc1nc(C)c(C(OC(C)(C)C)C(=O)OC(C)C)c(N2CCC(C)CC2)c1-c1ccc(OCCc2ccc(F)cc2)cc1. The van der Waals surface area contributed by atoms with Gasteiger partial charge in [-0.25, -0.2) is 9.18 Å². The first-order valence-electron chi connectivity index (χ1n) is 15.4. The van der Waals surface area contributed by atoms with E-state index in [4.69, 9.17) is 19.2 Å². The second-order valence-corrected chi connectivity index (χ2v) is 12.9. The number of aryl methyl sites for hydroxylation is 2. The molecule has 1 fully saturated rings. The van der Waals surface area contributed by atoms with Crippen molar-refractivity contribution in [3.63, 3.8) is 0 Å². The largest absolute Gasteiger partial charge is 0.493 e. The molecule has 0 radical (unpaired) electrons. The van der Waals surface area contributed by atoms with Gasteiger partial charge in [-0.05, 0) is 103 Å². The van der Waals surface area contributed by atoms with E-state index < -0.39 is 17.7 Å². The molecule has 1 aliphatic rings. The molecule has 0 N–H and O–H groups in total. The number of rotatable bonds is 10. The Morgan fingerprint density at radius 1 is 1.00 bits per heavy atom. The Kier molecular flexibility index (Phi) is 10.5. The number of piperidine rings is 1. The van der Waals surface area contributed by atoms with Crippen molar-refractivity contribution in [3.8, 4) is 16.9 Å². The van der Waals surface area contributed by atoms with Gasteiger partial charge < -0.3 is 19.1 Å². The average Bonchev–Trinajstić information content (AvgIpc) is 2.93. The highest BCUT2D eigenvalue weighted by Crippen LogP contribution is 2.44. The van der Waals surface area contributed by atoms with Gasteiger partial charge in [0, 0.05) is 42.0 Å². The molecular weight excluding hydrogens is 543 g/mol. The minimum atomic E-state index is -0.919. The molecule has 2 heterocycles. The van der Waals surface area contributed by atoms with Crippen LogP contribution in [-0.4, -0.2) is 42.4 Å². The van der Waals surface area contributed by atoms with Gasteiger partial charge in [0.1, 0.15) is 11.6 Å². The standard InChI is InChI=1S/C36H47FN2O4/c1-23(2)42-35(40)34(43-36(6,7)8)32-26(5)38-25(4)31(33(32)39-20-17-24(3)18-21-39)28-11-15-30(16-12-28)41-22-19-27-9-13-29(37)14-10-27/h9-16,23-24,34H,17-22H2,1-8H3. The number of benzene rings is 2. The molecule has 1 unspecified atom stereocenters. The van der Waals surface area contributed by atoms with Crippen molar-refractivity contribution in [3.05, 3.63) is 76.9 Å². The fourth-order valence-electron chi connectivity index (χ4n) is 5.59. The van der Waals surface area contributed by atoms with E-state index in [9.17, 15) is 9.18 Å². The topological polar surface area (TPSA) is 60.9 Å². The fourth-order valence-corrected chi connectivity index (χ4v) is 5.59. The molecule has 1 saturated heterocycles. The Morgan fingerprint density at radius 2 is 1.63 bits per heavy atom. The van der Waals surface area contributed by atoms with Crippen LogP contribution in [0.25, 0.3) is 11.1 Å². The summed E-state index contributed by atoms with van der Waals surface area (Å²) in [7, 11) is 0. The summed E-state index contributed by atoms with van der Waals surface area (Å²) >= 11 is 0. The predicted molar refractivity (Wildman–Crippen MR) is 170 cm³/mol. The van der Waals surface area contributed by atoms with Gasteiger partial charge in [0.2, 0.25) is 0 Å². The van der Waals surface area contributed by atoms with Gasteiger partial charge >= 0.3 is 5.97 Å². The highest BCUT2D eigenvalue weighted by Gasteiger charge is 2.36. The molecule has 0 aliphatic carbocycles. The van der Waals surface area contributed by atoms with E-state index >= 15 is 0 Å². The van der Waals surface area contributed by atoms with Gasteiger partial charge in [0.05, 0.1) is 24.0 Å². The number of hydrogen-bond acceptors (Lipinski definition) is 6. The number of anilines is 1. The number of hydrogen-bond donors (Lipinski definition) is 0. The summed E-state index contributed by atoms with van der Waals surface area (Å²) in [4.78, 5) is 21.0. The van der Waals surface area contributed by atoms with E-state index in [1.54, 1.807) is 12.1 Å². The molecule has 3 aromatic rings. The third-order valence-electron chi connectivity index (χ3n) is 7.69. The molecule has 7 heteroatoms. The van der Waals surface area contributed by atoms with Crippen molar-refractivity contribution in [2.45, 2.75) is 92.5 Å². The molecule has 1 atom stereocenters. The molecule has 43 heavy (non-hydrogen) atoms. The molecule has 1 aliphatic heterocycles. The van der Waals surface area contributed by atoms with E-state index in [2.05, 4.69) is 24.0 Å². The van der Waals surface area contributed by atoms with Crippen LogP contribution in [0.2, 0.25) is 0 Å². The van der Waals surface area contributed by atoms with Crippen LogP contribution in [-0.2, 0) is 20.7 Å². The highest BCUT2D eigenvalue weighted by atomic mass is 19.1. The van der Waals surface area contributed by atoms with Gasteiger partial charge in [-0.2, -0.15) is 0 Å². The van der Waals surface area contributed by atoms with E-state index in [-0.39, 0.29) is 11.9 Å². The molecular formula is C36H47FN2O4. The highest BCUT2D eigenvalue weighted by molar-refractivity contribution is 5.88. The number of aromatic nitrogens is 1. The van der Waals surface area contributed by atoms with Crippen molar-refractivity contribution < 1.29 is 23.4 Å². The fraction of sp³-hybridized carbons (Fsp3) is 0.500. The summed E-state index contributed by atoms with van der Waals surface area (Å²) in [5, 5.41) is 0. The number of esters is 1. The lowest BCUT2D eigenvalue weighted by Gasteiger charge is -2.38. The average molecular weight is 591 g/mol. The number of halogens is 1. The van der Waals surface area contributed by atoms with E-state index in [0.717, 1.165) is 71.0 Å². The van der Waals surface area contributed by atoms with Crippen LogP contribution in [0.4, 0.5) is 10.1 Å². The molecule has 1 aromatic heterocycles. The summed E-state index contributed by atoms with van der Waals surface area (Å²) in [5.41, 5.74) is 5.86. The quantitative estimate of drug-likeness (QED) is 0.222. The normalized spacial score (nSPS) is 15.1. The zero-order valence-electron chi connectivity index (χ0n) is 27.0. The zero-order valence-corrected chi connectivity index (χ0v) is 27.0. The molecule has 0 amide bonds. The smallest absolute Gasteiger partial charge is 0.340 e. The van der Waals surface area contributed by atoms with Gasteiger partial charge in [0.25, 0.3) is 0 Å². The Balaban J connectivity index is 1.74. The zero-order chi connectivity index (χ0) is 31.3. The van der Waals surface area contributed by atoms with Crippen LogP contribution in [0.1, 0.15) is 83.0 Å². The molecule has 6 nitrogen and oxygen atoms in total. The van der Waals surface area contributed by atoms with Gasteiger partial charge in [-0.3, -0.25) is 4.98 Å². The van der Waals surface area contributed by atoms with Gasteiger partial charge in [-0.15, -0.1) is 0 Å². The second-order valence-electron chi connectivity index (χ2n) is 12.9.